The lowest BCUT2D eigenvalue weighted by molar-refractivity contribution is 0.0941. The Kier molecular flexibility index (Phi) is 7.20. The van der Waals surface area contributed by atoms with Gasteiger partial charge in [0.25, 0.3) is 11.8 Å². The molecule has 3 aromatic carbocycles. The molecule has 1 aromatic heterocycles. The van der Waals surface area contributed by atoms with Gasteiger partial charge in [-0.1, -0.05) is 35.9 Å². The second-order valence-electron chi connectivity index (χ2n) is 9.02. The van der Waals surface area contributed by atoms with Gasteiger partial charge >= 0.3 is 0 Å². The lowest BCUT2D eigenvalue weighted by Gasteiger charge is -2.12. The van der Waals surface area contributed by atoms with Gasteiger partial charge in [0.15, 0.2) is 0 Å². The van der Waals surface area contributed by atoms with Gasteiger partial charge in [-0.25, -0.2) is 4.68 Å². The van der Waals surface area contributed by atoms with E-state index < -0.39 is 0 Å². The van der Waals surface area contributed by atoms with Crippen molar-refractivity contribution in [1.29, 1.82) is 0 Å². The minimum Gasteiger partial charge on any atom is -0.497 e. The van der Waals surface area contributed by atoms with Gasteiger partial charge in [-0.05, 0) is 69.7 Å². The first kappa shape index (κ1) is 24.7. The molecule has 0 atom stereocenters. The fourth-order valence-corrected chi connectivity index (χ4v) is 3.84. The summed E-state index contributed by atoms with van der Waals surface area (Å²) in [4.78, 5) is 26.1. The lowest BCUT2D eigenvalue weighted by Crippen LogP contribution is -2.30. The highest BCUT2D eigenvalue weighted by atomic mass is 16.5. The van der Waals surface area contributed by atoms with E-state index in [1.54, 1.807) is 30.1 Å². The quantitative estimate of drug-likeness (QED) is 0.361. The van der Waals surface area contributed by atoms with E-state index in [4.69, 9.17) is 9.84 Å². The number of nitrogens with zero attached hydrogens (tertiary/aromatic N) is 2. The number of carbonyl (C=O) groups is 2. The van der Waals surface area contributed by atoms with Crippen molar-refractivity contribution in [3.8, 4) is 22.7 Å². The molecule has 184 valence electrons. The van der Waals surface area contributed by atoms with Gasteiger partial charge in [0.1, 0.15) is 11.4 Å². The summed E-state index contributed by atoms with van der Waals surface area (Å²) in [6, 6.07) is 20.7. The first-order chi connectivity index (χ1) is 17.2. The number of carbonyl (C=O) groups excluding carboxylic acids is 2. The highest BCUT2D eigenvalue weighted by Crippen LogP contribution is 2.28. The number of nitrogens with one attached hydrogen (secondary N) is 2. The molecular formula is C29H30N4O3. The Morgan fingerprint density at radius 3 is 2.36 bits per heavy atom. The molecule has 36 heavy (non-hydrogen) atoms. The van der Waals surface area contributed by atoms with Crippen molar-refractivity contribution >= 4 is 17.5 Å². The molecule has 0 aliphatic carbocycles. The number of methoxy groups -OCH3 is 1. The van der Waals surface area contributed by atoms with Crippen molar-refractivity contribution in [2.45, 2.75) is 33.7 Å². The second kappa shape index (κ2) is 10.5. The number of hydrogen-bond donors (Lipinski definition) is 2. The first-order valence-electron chi connectivity index (χ1n) is 11.8. The minimum atomic E-state index is -0.328. The third kappa shape index (κ3) is 5.46. The summed E-state index contributed by atoms with van der Waals surface area (Å²) in [6.45, 7) is 7.70. The maximum atomic E-state index is 13.5. The summed E-state index contributed by atoms with van der Waals surface area (Å²) in [7, 11) is 1.60. The molecule has 4 rings (SSSR count). The summed E-state index contributed by atoms with van der Waals surface area (Å²) < 4.78 is 7.07. The monoisotopic (exact) mass is 482 g/mol. The fraction of sp³-hybridized carbons (Fsp3) is 0.207. The summed E-state index contributed by atoms with van der Waals surface area (Å²) >= 11 is 0. The summed E-state index contributed by atoms with van der Waals surface area (Å²) in [5, 5.41) is 10.6. The number of benzene rings is 3. The van der Waals surface area contributed by atoms with Crippen LogP contribution in [0.4, 0.5) is 5.69 Å². The number of rotatable bonds is 7. The first-order valence-corrected chi connectivity index (χ1v) is 11.8. The Morgan fingerprint density at radius 2 is 1.67 bits per heavy atom. The molecule has 0 aliphatic rings. The molecule has 0 saturated heterocycles. The molecule has 7 heteroatoms. The Hall–Kier alpha value is -4.39. The van der Waals surface area contributed by atoms with Crippen LogP contribution in [0.3, 0.4) is 0 Å². The fourth-order valence-electron chi connectivity index (χ4n) is 3.84. The van der Waals surface area contributed by atoms with Gasteiger partial charge in [-0.15, -0.1) is 0 Å². The molecule has 1 heterocycles. The molecule has 4 aromatic rings. The number of aromatic nitrogens is 2. The molecule has 0 aliphatic heterocycles. The Labute approximate surface area is 211 Å². The Bertz CT molecular complexity index is 1400. The normalized spacial score (nSPS) is 10.8. The number of amides is 2. The molecular weight excluding hydrogens is 452 g/mol. The maximum Gasteiger partial charge on any atom is 0.259 e. The SMILES string of the molecule is COc1cccc(-c2nn(-c3ccc(C)cc3)cc2C(=O)Nc2ccc(C)c(C(=O)NC(C)C)c2)c1. The highest BCUT2D eigenvalue weighted by molar-refractivity contribution is 6.08. The molecule has 0 bridgehead atoms. The van der Waals surface area contributed by atoms with Crippen LogP contribution in [0.2, 0.25) is 0 Å². The zero-order valence-corrected chi connectivity index (χ0v) is 21.1. The van der Waals surface area contributed by atoms with E-state index in [-0.39, 0.29) is 17.9 Å². The maximum absolute atomic E-state index is 13.5. The smallest absolute Gasteiger partial charge is 0.259 e. The Morgan fingerprint density at radius 1 is 0.917 bits per heavy atom. The van der Waals surface area contributed by atoms with Crippen molar-refractivity contribution in [1.82, 2.24) is 15.1 Å². The number of ether oxygens (including phenoxy) is 1. The standard InChI is InChI=1S/C29H30N4O3/c1-18(2)30-28(34)25-16-22(12-11-20(25)4)31-29(35)26-17-33(23-13-9-19(3)10-14-23)32-27(26)21-7-6-8-24(15-21)36-5/h6-18H,1-5H3,(H,30,34)(H,31,35). The highest BCUT2D eigenvalue weighted by Gasteiger charge is 2.20. The van der Waals surface area contributed by atoms with E-state index in [9.17, 15) is 9.59 Å². The van der Waals surface area contributed by atoms with Crippen LogP contribution in [0.15, 0.2) is 72.9 Å². The van der Waals surface area contributed by atoms with Crippen molar-refractivity contribution in [2.75, 3.05) is 12.4 Å². The molecule has 2 N–H and O–H groups in total. The van der Waals surface area contributed by atoms with Crippen molar-refractivity contribution in [3.63, 3.8) is 0 Å². The third-order valence-electron chi connectivity index (χ3n) is 5.76. The molecule has 2 amide bonds. The molecule has 0 unspecified atom stereocenters. The largest absolute Gasteiger partial charge is 0.497 e. The van der Waals surface area contributed by atoms with Gasteiger partial charge in [0, 0.05) is 29.1 Å². The minimum absolute atomic E-state index is 0.00758. The van der Waals surface area contributed by atoms with Crippen LogP contribution in [0, 0.1) is 13.8 Å². The molecule has 0 spiro atoms. The molecule has 0 fully saturated rings. The van der Waals surface area contributed by atoms with Crippen LogP contribution in [-0.4, -0.2) is 34.7 Å². The van der Waals surface area contributed by atoms with Crippen molar-refractivity contribution in [3.05, 3.63) is 95.2 Å². The zero-order valence-electron chi connectivity index (χ0n) is 21.1. The second-order valence-corrected chi connectivity index (χ2v) is 9.02. The van der Waals surface area contributed by atoms with Crippen molar-refractivity contribution < 1.29 is 14.3 Å². The predicted octanol–water partition coefficient (Wildman–Crippen LogP) is 5.56. The van der Waals surface area contributed by atoms with Crippen LogP contribution >= 0.6 is 0 Å². The predicted molar refractivity (Wildman–Crippen MR) is 142 cm³/mol. The van der Waals surface area contributed by atoms with Gasteiger partial charge < -0.3 is 15.4 Å². The van der Waals surface area contributed by atoms with E-state index in [0.717, 1.165) is 22.4 Å². The zero-order chi connectivity index (χ0) is 25.8. The van der Waals surface area contributed by atoms with Crippen molar-refractivity contribution in [2.24, 2.45) is 0 Å². The summed E-state index contributed by atoms with van der Waals surface area (Å²) in [5.74, 6) is 0.163. The lowest BCUT2D eigenvalue weighted by atomic mass is 10.1. The van der Waals surface area contributed by atoms with Gasteiger partial charge in [0.05, 0.1) is 18.4 Å². The van der Waals surface area contributed by atoms with Crippen LogP contribution < -0.4 is 15.4 Å². The Balaban J connectivity index is 1.72. The van der Waals surface area contributed by atoms with Crippen LogP contribution in [0.1, 0.15) is 45.7 Å². The van der Waals surface area contributed by atoms with Gasteiger partial charge in [-0.2, -0.15) is 5.10 Å². The number of aryl methyl sites for hydroxylation is 2. The summed E-state index contributed by atoms with van der Waals surface area (Å²) in [5.41, 5.74) is 5.53. The average Bonchev–Trinajstić information content (AvgIpc) is 3.31. The molecule has 7 nitrogen and oxygen atoms in total. The molecule has 0 radical (unpaired) electrons. The third-order valence-corrected chi connectivity index (χ3v) is 5.76. The summed E-state index contributed by atoms with van der Waals surface area (Å²) in [6.07, 6.45) is 1.72. The van der Waals surface area contributed by atoms with Crippen LogP contribution in [0.5, 0.6) is 5.75 Å². The average molecular weight is 483 g/mol. The van der Waals surface area contributed by atoms with E-state index in [0.29, 0.717) is 28.3 Å². The number of hydrogen-bond acceptors (Lipinski definition) is 4. The van der Waals surface area contributed by atoms with E-state index >= 15 is 0 Å². The van der Waals surface area contributed by atoms with E-state index in [1.165, 1.54) is 0 Å². The topological polar surface area (TPSA) is 85.2 Å². The van der Waals surface area contributed by atoms with Crippen LogP contribution in [0.25, 0.3) is 16.9 Å². The van der Waals surface area contributed by atoms with E-state index in [2.05, 4.69) is 10.6 Å². The van der Waals surface area contributed by atoms with E-state index in [1.807, 2.05) is 82.3 Å². The van der Waals surface area contributed by atoms with Gasteiger partial charge in [0.2, 0.25) is 0 Å². The molecule has 0 saturated carbocycles. The van der Waals surface area contributed by atoms with Crippen LogP contribution in [-0.2, 0) is 0 Å². The van der Waals surface area contributed by atoms with Gasteiger partial charge in [-0.3, -0.25) is 9.59 Å². The number of anilines is 1.